The Balaban J connectivity index is 1.79. The van der Waals surface area contributed by atoms with Crippen LogP contribution in [0.25, 0.3) is 0 Å². The normalized spacial score (nSPS) is 12.1. The lowest BCUT2D eigenvalue weighted by molar-refractivity contribution is 0.322. The van der Waals surface area contributed by atoms with E-state index < -0.39 is 0 Å². The highest BCUT2D eigenvalue weighted by Crippen LogP contribution is 2.17. The summed E-state index contributed by atoms with van der Waals surface area (Å²) in [6, 6.07) is 19.2. The van der Waals surface area contributed by atoms with Crippen LogP contribution < -0.4 is 10.1 Å². The molecule has 21 heavy (non-hydrogen) atoms. The summed E-state index contributed by atoms with van der Waals surface area (Å²) in [5, 5.41) is 3.49. The van der Waals surface area contributed by atoms with Crippen LogP contribution in [0.3, 0.4) is 0 Å². The van der Waals surface area contributed by atoms with Crippen molar-refractivity contribution in [2.24, 2.45) is 0 Å². The Labute approximate surface area is 128 Å². The van der Waals surface area contributed by atoms with E-state index in [0.29, 0.717) is 12.6 Å². The van der Waals surface area contributed by atoms with Gasteiger partial charge in [-0.1, -0.05) is 49.4 Å². The quantitative estimate of drug-likeness (QED) is 0.777. The molecule has 0 amide bonds. The third kappa shape index (κ3) is 5.24. The Kier molecular flexibility index (Phi) is 6.29. The van der Waals surface area contributed by atoms with Gasteiger partial charge in [0.15, 0.2) is 0 Å². The van der Waals surface area contributed by atoms with Crippen molar-refractivity contribution in [3.05, 3.63) is 65.7 Å². The summed E-state index contributed by atoms with van der Waals surface area (Å²) in [5.74, 6) is 0.942. The maximum atomic E-state index is 5.81. The molecule has 0 aliphatic carbocycles. The van der Waals surface area contributed by atoms with Crippen molar-refractivity contribution in [1.82, 2.24) is 5.32 Å². The predicted molar refractivity (Wildman–Crippen MR) is 88.8 cm³/mol. The first kappa shape index (κ1) is 15.6. The van der Waals surface area contributed by atoms with Crippen LogP contribution in [-0.4, -0.2) is 13.2 Å². The van der Waals surface area contributed by atoms with Gasteiger partial charge in [-0.25, -0.2) is 0 Å². The predicted octanol–water partition coefficient (Wildman–Crippen LogP) is 4.37. The Morgan fingerprint density at radius 2 is 1.71 bits per heavy atom. The standard InChI is InChI=1S/C19H25NO/c1-3-14-20-16(2)18-9-11-19(12-10-18)21-15-13-17-7-5-4-6-8-17/h4-12,16,20H,3,13-15H2,1-2H3. The fourth-order valence-corrected chi connectivity index (χ4v) is 2.26. The molecule has 1 N–H and O–H groups in total. The van der Waals surface area contributed by atoms with E-state index in [-0.39, 0.29) is 0 Å². The monoisotopic (exact) mass is 283 g/mol. The fraction of sp³-hybridized carbons (Fsp3) is 0.368. The molecular formula is C19H25NO. The van der Waals surface area contributed by atoms with Gasteiger partial charge < -0.3 is 10.1 Å². The molecular weight excluding hydrogens is 258 g/mol. The molecule has 1 unspecified atom stereocenters. The molecule has 0 aliphatic heterocycles. The van der Waals surface area contributed by atoms with E-state index in [1.807, 2.05) is 6.07 Å². The molecule has 0 radical (unpaired) electrons. The van der Waals surface area contributed by atoms with Gasteiger partial charge >= 0.3 is 0 Å². The van der Waals surface area contributed by atoms with Gasteiger partial charge in [0.2, 0.25) is 0 Å². The highest BCUT2D eigenvalue weighted by molar-refractivity contribution is 5.29. The Bertz CT molecular complexity index is 507. The summed E-state index contributed by atoms with van der Waals surface area (Å²) < 4.78 is 5.81. The smallest absolute Gasteiger partial charge is 0.119 e. The molecule has 2 aromatic carbocycles. The minimum Gasteiger partial charge on any atom is -0.493 e. The summed E-state index contributed by atoms with van der Waals surface area (Å²) in [5.41, 5.74) is 2.62. The van der Waals surface area contributed by atoms with Gasteiger partial charge in [-0.2, -0.15) is 0 Å². The first-order valence-electron chi connectivity index (χ1n) is 7.79. The van der Waals surface area contributed by atoms with Crippen molar-refractivity contribution in [3.63, 3.8) is 0 Å². The molecule has 0 spiro atoms. The topological polar surface area (TPSA) is 21.3 Å². The maximum Gasteiger partial charge on any atom is 0.119 e. The number of hydrogen-bond acceptors (Lipinski definition) is 2. The summed E-state index contributed by atoms with van der Waals surface area (Å²) in [6.07, 6.45) is 2.10. The zero-order chi connectivity index (χ0) is 14.9. The minimum absolute atomic E-state index is 0.392. The largest absolute Gasteiger partial charge is 0.493 e. The number of benzene rings is 2. The average molecular weight is 283 g/mol. The maximum absolute atomic E-state index is 5.81. The van der Waals surface area contributed by atoms with Crippen LogP contribution in [0.2, 0.25) is 0 Å². The van der Waals surface area contributed by atoms with Crippen molar-refractivity contribution in [2.75, 3.05) is 13.2 Å². The van der Waals surface area contributed by atoms with Crippen molar-refractivity contribution >= 4 is 0 Å². The van der Waals surface area contributed by atoms with Crippen LogP contribution in [0.4, 0.5) is 0 Å². The zero-order valence-electron chi connectivity index (χ0n) is 13.0. The highest BCUT2D eigenvalue weighted by atomic mass is 16.5. The lowest BCUT2D eigenvalue weighted by atomic mass is 10.1. The first-order chi connectivity index (χ1) is 10.3. The van der Waals surface area contributed by atoms with Crippen molar-refractivity contribution in [3.8, 4) is 5.75 Å². The Hall–Kier alpha value is -1.80. The van der Waals surface area contributed by atoms with Gasteiger partial charge in [-0.05, 0) is 43.1 Å². The van der Waals surface area contributed by atoms with Crippen LogP contribution >= 0.6 is 0 Å². The molecule has 0 heterocycles. The molecule has 2 aromatic rings. The van der Waals surface area contributed by atoms with E-state index in [2.05, 4.69) is 67.7 Å². The van der Waals surface area contributed by atoms with Crippen LogP contribution in [0, 0.1) is 0 Å². The molecule has 2 rings (SSSR count). The van der Waals surface area contributed by atoms with Gasteiger partial charge in [0.05, 0.1) is 6.61 Å². The van der Waals surface area contributed by atoms with Crippen molar-refractivity contribution in [1.29, 1.82) is 0 Å². The first-order valence-corrected chi connectivity index (χ1v) is 7.79. The van der Waals surface area contributed by atoms with Gasteiger partial charge in [0.25, 0.3) is 0 Å². The molecule has 1 atom stereocenters. The molecule has 0 aliphatic rings. The number of rotatable bonds is 8. The second kappa shape index (κ2) is 8.48. The molecule has 0 saturated heterocycles. The van der Waals surface area contributed by atoms with Crippen LogP contribution in [0.5, 0.6) is 5.75 Å². The van der Waals surface area contributed by atoms with E-state index in [4.69, 9.17) is 4.74 Å². The molecule has 112 valence electrons. The summed E-state index contributed by atoms with van der Waals surface area (Å²) >= 11 is 0. The van der Waals surface area contributed by atoms with Gasteiger partial charge in [-0.15, -0.1) is 0 Å². The minimum atomic E-state index is 0.392. The number of ether oxygens (including phenoxy) is 1. The summed E-state index contributed by atoms with van der Waals surface area (Å²) in [7, 11) is 0. The zero-order valence-corrected chi connectivity index (χ0v) is 13.0. The summed E-state index contributed by atoms with van der Waals surface area (Å²) in [4.78, 5) is 0. The van der Waals surface area contributed by atoms with Crippen LogP contribution in [-0.2, 0) is 6.42 Å². The van der Waals surface area contributed by atoms with Gasteiger partial charge in [0, 0.05) is 12.5 Å². The van der Waals surface area contributed by atoms with E-state index in [9.17, 15) is 0 Å². The molecule has 2 heteroatoms. The fourth-order valence-electron chi connectivity index (χ4n) is 2.26. The molecule has 0 fully saturated rings. The highest BCUT2D eigenvalue weighted by Gasteiger charge is 2.04. The van der Waals surface area contributed by atoms with Crippen LogP contribution in [0.15, 0.2) is 54.6 Å². The van der Waals surface area contributed by atoms with E-state index in [1.54, 1.807) is 0 Å². The van der Waals surface area contributed by atoms with Gasteiger partial charge in [-0.3, -0.25) is 0 Å². The molecule has 0 bridgehead atoms. The van der Waals surface area contributed by atoms with Crippen LogP contribution in [0.1, 0.15) is 37.4 Å². The Morgan fingerprint density at radius 3 is 2.38 bits per heavy atom. The summed E-state index contributed by atoms with van der Waals surface area (Å²) in [6.45, 7) is 6.15. The van der Waals surface area contributed by atoms with Gasteiger partial charge in [0.1, 0.15) is 5.75 Å². The van der Waals surface area contributed by atoms with Crippen molar-refractivity contribution < 1.29 is 4.74 Å². The molecule has 0 saturated carbocycles. The average Bonchev–Trinajstić information content (AvgIpc) is 2.54. The lowest BCUT2D eigenvalue weighted by Gasteiger charge is -2.14. The Morgan fingerprint density at radius 1 is 1.00 bits per heavy atom. The van der Waals surface area contributed by atoms with E-state index >= 15 is 0 Å². The van der Waals surface area contributed by atoms with E-state index in [0.717, 1.165) is 25.1 Å². The second-order valence-corrected chi connectivity index (χ2v) is 5.33. The molecule has 2 nitrogen and oxygen atoms in total. The number of hydrogen-bond donors (Lipinski definition) is 1. The third-order valence-electron chi connectivity index (χ3n) is 3.58. The SMILES string of the molecule is CCCNC(C)c1ccc(OCCc2ccccc2)cc1. The van der Waals surface area contributed by atoms with Crippen molar-refractivity contribution in [2.45, 2.75) is 32.7 Å². The third-order valence-corrected chi connectivity index (χ3v) is 3.58. The van der Waals surface area contributed by atoms with E-state index in [1.165, 1.54) is 11.1 Å². The second-order valence-electron chi connectivity index (χ2n) is 5.33. The number of nitrogens with one attached hydrogen (secondary N) is 1. The molecule has 0 aromatic heterocycles. The lowest BCUT2D eigenvalue weighted by Crippen LogP contribution is -2.19.